The first-order valence-corrected chi connectivity index (χ1v) is 5.38. The van der Waals surface area contributed by atoms with Gasteiger partial charge in [-0.3, -0.25) is 0 Å². The monoisotopic (exact) mass is 252 g/mol. The van der Waals surface area contributed by atoms with Gasteiger partial charge in [-0.1, -0.05) is 23.8 Å². The van der Waals surface area contributed by atoms with Gasteiger partial charge in [0.2, 0.25) is 0 Å². The first kappa shape index (κ1) is 12.6. The normalized spacial score (nSPS) is 12.5. The maximum Gasteiger partial charge on any atom is 0.132 e. The van der Waals surface area contributed by atoms with E-state index in [-0.39, 0.29) is 5.56 Å². The van der Waals surface area contributed by atoms with Crippen molar-refractivity contribution in [1.29, 1.82) is 0 Å². The first-order chi connectivity index (χ1) is 8.50. The fourth-order valence-electron chi connectivity index (χ4n) is 1.80. The van der Waals surface area contributed by atoms with E-state index in [1.54, 1.807) is 6.92 Å². The molecule has 1 nitrogen and oxygen atoms in total. The minimum atomic E-state index is -1.66. The molecule has 1 N–H and O–H groups in total. The van der Waals surface area contributed by atoms with E-state index in [4.69, 9.17) is 0 Å². The van der Waals surface area contributed by atoms with E-state index in [0.29, 0.717) is 5.56 Å². The molecule has 0 fully saturated rings. The highest BCUT2D eigenvalue weighted by molar-refractivity contribution is 5.34. The Labute approximate surface area is 103 Å². The molecule has 0 spiro atoms. The third-order valence-electron chi connectivity index (χ3n) is 2.72. The highest BCUT2D eigenvalue weighted by Crippen LogP contribution is 2.28. The van der Waals surface area contributed by atoms with Gasteiger partial charge < -0.3 is 5.11 Å². The second-order valence-electron chi connectivity index (χ2n) is 4.06. The van der Waals surface area contributed by atoms with Crippen molar-refractivity contribution in [1.82, 2.24) is 0 Å². The lowest BCUT2D eigenvalue weighted by molar-refractivity contribution is 0.204. The van der Waals surface area contributed by atoms with Crippen LogP contribution < -0.4 is 0 Å². The van der Waals surface area contributed by atoms with Crippen LogP contribution in [0.15, 0.2) is 36.4 Å². The van der Waals surface area contributed by atoms with Crippen LogP contribution in [-0.2, 0) is 0 Å². The second kappa shape index (κ2) is 4.82. The molecule has 0 aliphatic carbocycles. The van der Waals surface area contributed by atoms with Gasteiger partial charge in [0.15, 0.2) is 0 Å². The average Bonchev–Trinajstić information content (AvgIpc) is 2.32. The van der Waals surface area contributed by atoms with E-state index < -0.39 is 29.1 Å². The summed E-state index contributed by atoms with van der Waals surface area (Å²) >= 11 is 0. The van der Waals surface area contributed by atoms with Crippen LogP contribution in [0.4, 0.5) is 13.2 Å². The highest BCUT2D eigenvalue weighted by Gasteiger charge is 2.22. The van der Waals surface area contributed by atoms with Crippen molar-refractivity contribution in [3.8, 4) is 0 Å². The molecule has 0 radical (unpaired) electrons. The lowest BCUT2D eigenvalue weighted by Crippen LogP contribution is -2.08. The Kier molecular flexibility index (Phi) is 3.39. The minimum absolute atomic E-state index is 0.140. The topological polar surface area (TPSA) is 20.2 Å². The van der Waals surface area contributed by atoms with Crippen molar-refractivity contribution in [2.45, 2.75) is 13.0 Å². The standard InChI is InChI=1S/C14H11F3O/c1-8-5-6-10(15)9(7-8)14(18)13-11(16)3-2-4-12(13)17/h2-7,14,18H,1H3. The minimum Gasteiger partial charge on any atom is -0.383 e. The van der Waals surface area contributed by atoms with Crippen molar-refractivity contribution in [3.05, 3.63) is 70.5 Å². The SMILES string of the molecule is Cc1ccc(F)c(C(O)c2c(F)cccc2F)c1. The van der Waals surface area contributed by atoms with Crippen molar-refractivity contribution >= 4 is 0 Å². The van der Waals surface area contributed by atoms with Crippen LogP contribution in [0, 0.1) is 24.4 Å². The predicted octanol–water partition coefficient (Wildman–Crippen LogP) is 3.49. The Morgan fingerprint density at radius 3 is 2.17 bits per heavy atom. The largest absolute Gasteiger partial charge is 0.383 e. The molecule has 18 heavy (non-hydrogen) atoms. The van der Waals surface area contributed by atoms with Gasteiger partial charge in [0.25, 0.3) is 0 Å². The van der Waals surface area contributed by atoms with Crippen molar-refractivity contribution in [3.63, 3.8) is 0 Å². The molecule has 94 valence electrons. The van der Waals surface area contributed by atoms with Crippen LogP contribution in [0.3, 0.4) is 0 Å². The highest BCUT2D eigenvalue weighted by atomic mass is 19.1. The summed E-state index contributed by atoms with van der Waals surface area (Å²) in [4.78, 5) is 0. The molecule has 0 heterocycles. The summed E-state index contributed by atoms with van der Waals surface area (Å²) in [5, 5.41) is 9.94. The number of halogens is 3. The smallest absolute Gasteiger partial charge is 0.132 e. The van der Waals surface area contributed by atoms with Gasteiger partial charge in [-0.25, -0.2) is 13.2 Å². The summed E-state index contributed by atoms with van der Waals surface area (Å²) < 4.78 is 40.6. The number of aliphatic hydroxyl groups is 1. The van der Waals surface area contributed by atoms with Crippen LogP contribution in [0.25, 0.3) is 0 Å². The van der Waals surface area contributed by atoms with E-state index in [9.17, 15) is 18.3 Å². The quantitative estimate of drug-likeness (QED) is 0.867. The summed E-state index contributed by atoms with van der Waals surface area (Å²) in [5.41, 5.74) is 0.0168. The molecule has 0 saturated heterocycles. The first-order valence-electron chi connectivity index (χ1n) is 5.38. The molecule has 0 bridgehead atoms. The summed E-state index contributed by atoms with van der Waals surface area (Å²) in [5.74, 6) is -2.50. The number of aliphatic hydroxyl groups excluding tert-OH is 1. The third kappa shape index (κ3) is 2.24. The average molecular weight is 252 g/mol. The van der Waals surface area contributed by atoms with Gasteiger partial charge in [-0.15, -0.1) is 0 Å². The van der Waals surface area contributed by atoms with E-state index in [1.807, 2.05) is 0 Å². The molecule has 2 aromatic carbocycles. The van der Waals surface area contributed by atoms with Crippen LogP contribution in [0.1, 0.15) is 22.8 Å². The van der Waals surface area contributed by atoms with Gasteiger partial charge in [0.1, 0.15) is 23.6 Å². The van der Waals surface area contributed by atoms with Crippen molar-refractivity contribution in [2.24, 2.45) is 0 Å². The molecule has 1 atom stereocenters. The van der Waals surface area contributed by atoms with Crippen molar-refractivity contribution < 1.29 is 18.3 Å². The van der Waals surface area contributed by atoms with Gasteiger partial charge in [-0.2, -0.15) is 0 Å². The second-order valence-corrected chi connectivity index (χ2v) is 4.06. The van der Waals surface area contributed by atoms with E-state index in [0.717, 1.165) is 18.2 Å². The Morgan fingerprint density at radius 1 is 0.944 bits per heavy atom. The molecule has 4 heteroatoms. The van der Waals surface area contributed by atoms with Gasteiger partial charge >= 0.3 is 0 Å². The molecule has 0 aliphatic rings. The summed E-state index contributed by atoms with van der Waals surface area (Å²) in [7, 11) is 0. The van der Waals surface area contributed by atoms with Gasteiger partial charge in [-0.05, 0) is 25.1 Å². The molecular weight excluding hydrogens is 241 g/mol. The molecule has 0 amide bonds. The Bertz CT molecular complexity index is 561. The predicted molar refractivity (Wildman–Crippen MR) is 61.6 cm³/mol. The Balaban J connectivity index is 2.54. The van der Waals surface area contributed by atoms with Crippen LogP contribution >= 0.6 is 0 Å². The zero-order valence-corrected chi connectivity index (χ0v) is 9.62. The lowest BCUT2D eigenvalue weighted by Gasteiger charge is -2.14. The Morgan fingerprint density at radius 2 is 1.56 bits per heavy atom. The fourth-order valence-corrected chi connectivity index (χ4v) is 1.80. The number of benzene rings is 2. The summed E-state index contributed by atoms with van der Waals surface area (Å²) in [6, 6.07) is 7.28. The fraction of sp³-hybridized carbons (Fsp3) is 0.143. The zero-order valence-electron chi connectivity index (χ0n) is 9.62. The zero-order chi connectivity index (χ0) is 13.3. The van der Waals surface area contributed by atoms with E-state index in [2.05, 4.69) is 0 Å². The molecule has 0 aromatic heterocycles. The number of rotatable bonds is 2. The summed E-state index contributed by atoms with van der Waals surface area (Å²) in [6.07, 6.45) is -1.66. The van der Waals surface area contributed by atoms with Crippen molar-refractivity contribution in [2.75, 3.05) is 0 Å². The molecule has 1 unspecified atom stereocenters. The number of hydrogen-bond acceptors (Lipinski definition) is 1. The molecule has 0 aliphatic heterocycles. The third-order valence-corrected chi connectivity index (χ3v) is 2.72. The maximum absolute atomic E-state index is 13.6. The van der Waals surface area contributed by atoms with Gasteiger partial charge in [0, 0.05) is 5.56 Å². The van der Waals surface area contributed by atoms with Crippen LogP contribution in [-0.4, -0.2) is 5.11 Å². The van der Waals surface area contributed by atoms with Crippen LogP contribution in [0.5, 0.6) is 0 Å². The molecular formula is C14H11F3O. The van der Waals surface area contributed by atoms with E-state index >= 15 is 0 Å². The maximum atomic E-state index is 13.6. The Hall–Kier alpha value is -1.81. The lowest BCUT2D eigenvalue weighted by atomic mass is 9.98. The molecule has 0 saturated carbocycles. The number of hydrogen-bond donors (Lipinski definition) is 1. The van der Waals surface area contributed by atoms with Gasteiger partial charge in [0.05, 0.1) is 5.56 Å². The summed E-state index contributed by atoms with van der Waals surface area (Å²) in [6.45, 7) is 1.70. The van der Waals surface area contributed by atoms with E-state index in [1.165, 1.54) is 18.2 Å². The van der Waals surface area contributed by atoms with Crippen LogP contribution in [0.2, 0.25) is 0 Å². The molecule has 2 aromatic rings. The number of aryl methyl sites for hydroxylation is 1. The molecule has 2 rings (SSSR count).